The molecule has 0 amide bonds. The van der Waals surface area contributed by atoms with Gasteiger partial charge in [-0.25, -0.2) is 0 Å². The Kier molecular flexibility index (Phi) is 3.82. The maximum Gasteiger partial charge on any atom is -0.0146 e. The summed E-state index contributed by atoms with van der Waals surface area (Å²) in [5.41, 5.74) is 1.44. The topological polar surface area (TPSA) is 0 Å². The molecule has 1 aromatic rings. The quantitative estimate of drug-likeness (QED) is 0.672. The maximum atomic E-state index is 3.38. The highest BCUT2D eigenvalue weighted by Gasteiger charge is 2.21. The molecule has 0 atom stereocenters. The van der Waals surface area contributed by atoms with Crippen molar-refractivity contribution in [1.82, 2.24) is 0 Å². The van der Waals surface area contributed by atoms with E-state index in [2.05, 4.69) is 31.2 Å². The molecule has 81 valence electrons. The first-order valence-electron chi connectivity index (χ1n) is 6.36. The summed E-state index contributed by atoms with van der Waals surface area (Å²) in [6.45, 7) is 2.30. The SMILES string of the molecule is CCCC1CCC(c2[c]cccc2)CC1. The zero-order valence-electron chi connectivity index (χ0n) is 9.71. The third-order valence-electron chi connectivity index (χ3n) is 3.72. The number of benzene rings is 1. The van der Waals surface area contributed by atoms with Crippen molar-refractivity contribution < 1.29 is 0 Å². The molecule has 0 aromatic heterocycles. The maximum absolute atomic E-state index is 3.38. The van der Waals surface area contributed by atoms with E-state index in [-0.39, 0.29) is 0 Å². The third-order valence-corrected chi connectivity index (χ3v) is 3.72. The predicted octanol–water partition coefficient (Wildman–Crippen LogP) is 4.56. The summed E-state index contributed by atoms with van der Waals surface area (Å²) in [5.74, 6) is 1.80. The van der Waals surface area contributed by atoms with Gasteiger partial charge in [-0.15, -0.1) is 0 Å². The van der Waals surface area contributed by atoms with Crippen LogP contribution in [0.1, 0.15) is 56.9 Å². The molecule has 0 N–H and O–H groups in total. The van der Waals surface area contributed by atoms with Gasteiger partial charge in [0.25, 0.3) is 0 Å². The summed E-state index contributed by atoms with van der Waals surface area (Å²) >= 11 is 0. The van der Waals surface area contributed by atoms with Crippen LogP contribution in [0.25, 0.3) is 0 Å². The van der Waals surface area contributed by atoms with Crippen LogP contribution in [0.15, 0.2) is 24.3 Å². The van der Waals surface area contributed by atoms with E-state index in [1.54, 1.807) is 0 Å². The fourth-order valence-corrected chi connectivity index (χ4v) is 2.83. The molecule has 1 fully saturated rings. The van der Waals surface area contributed by atoms with Gasteiger partial charge < -0.3 is 0 Å². The Hall–Kier alpha value is -0.780. The first-order valence-corrected chi connectivity index (χ1v) is 6.36. The number of hydrogen-bond acceptors (Lipinski definition) is 0. The second-order valence-electron chi connectivity index (χ2n) is 4.82. The van der Waals surface area contributed by atoms with Crippen LogP contribution in [-0.4, -0.2) is 0 Å². The Labute approximate surface area is 93.7 Å². The fourth-order valence-electron chi connectivity index (χ4n) is 2.83. The van der Waals surface area contributed by atoms with E-state index in [0.29, 0.717) is 0 Å². The highest BCUT2D eigenvalue weighted by molar-refractivity contribution is 5.18. The van der Waals surface area contributed by atoms with Crippen molar-refractivity contribution in [3.05, 3.63) is 35.9 Å². The second-order valence-corrected chi connectivity index (χ2v) is 4.82. The molecule has 0 bridgehead atoms. The molecule has 0 nitrogen and oxygen atoms in total. The second kappa shape index (κ2) is 5.34. The molecular formula is C15H21. The molecule has 1 aliphatic carbocycles. The van der Waals surface area contributed by atoms with Crippen molar-refractivity contribution in [2.24, 2.45) is 5.92 Å². The minimum absolute atomic E-state index is 0.791. The zero-order chi connectivity index (χ0) is 10.5. The van der Waals surface area contributed by atoms with E-state index in [9.17, 15) is 0 Å². The van der Waals surface area contributed by atoms with Gasteiger partial charge in [-0.05, 0) is 49.1 Å². The van der Waals surface area contributed by atoms with Gasteiger partial charge in [0.1, 0.15) is 0 Å². The van der Waals surface area contributed by atoms with Crippen LogP contribution in [-0.2, 0) is 0 Å². The lowest BCUT2D eigenvalue weighted by molar-refractivity contribution is 0.308. The van der Waals surface area contributed by atoms with Gasteiger partial charge in [0, 0.05) is 0 Å². The van der Waals surface area contributed by atoms with Crippen LogP contribution >= 0.6 is 0 Å². The molecule has 0 saturated heterocycles. The van der Waals surface area contributed by atoms with E-state index in [1.807, 2.05) is 6.07 Å². The molecular weight excluding hydrogens is 180 g/mol. The van der Waals surface area contributed by atoms with Crippen molar-refractivity contribution in [3.8, 4) is 0 Å². The van der Waals surface area contributed by atoms with E-state index in [0.717, 1.165) is 11.8 Å². The number of hydrogen-bond donors (Lipinski definition) is 0. The van der Waals surface area contributed by atoms with Gasteiger partial charge in [0.05, 0.1) is 0 Å². The van der Waals surface area contributed by atoms with Crippen LogP contribution in [0, 0.1) is 12.0 Å². The Morgan fingerprint density at radius 3 is 2.60 bits per heavy atom. The average Bonchev–Trinajstić information content (AvgIpc) is 2.32. The predicted molar refractivity (Wildman–Crippen MR) is 64.9 cm³/mol. The summed E-state index contributed by atoms with van der Waals surface area (Å²) in [7, 11) is 0. The van der Waals surface area contributed by atoms with Crippen LogP contribution in [0.3, 0.4) is 0 Å². The first-order chi connectivity index (χ1) is 7.40. The van der Waals surface area contributed by atoms with Crippen molar-refractivity contribution >= 4 is 0 Å². The van der Waals surface area contributed by atoms with Gasteiger partial charge in [-0.2, -0.15) is 0 Å². The lowest BCUT2D eigenvalue weighted by Crippen LogP contribution is -2.13. The molecule has 2 rings (SSSR count). The van der Waals surface area contributed by atoms with Crippen molar-refractivity contribution in [1.29, 1.82) is 0 Å². The molecule has 1 aliphatic rings. The molecule has 15 heavy (non-hydrogen) atoms. The average molecular weight is 201 g/mol. The lowest BCUT2D eigenvalue weighted by Gasteiger charge is -2.28. The Morgan fingerprint density at radius 2 is 2.00 bits per heavy atom. The molecule has 0 aliphatic heterocycles. The normalized spacial score (nSPS) is 26.5. The van der Waals surface area contributed by atoms with Gasteiger partial charge in [0.15, 0.2) is 0 Å². The highest BCUT2D eigenvalue weighted by Crippen LogP contribution is 2.36. The number of rotatable bonds is 3. The molecule has 1 aromatic carbocycles. The van der Waals surface area contributed by atoms with Crippen LogP contribution < -0.4 is 0 Å². The fraction of sp³-hybridized carbons (Fsp3) is 0.600. The first kappa shape index (κ1) is 10.7. The molecule has 0 heteroatoms. The molecule has 0 spiro atoms. The standard InChI is InChI=1S/C15H21/c1-2-6-13-9-11-15(12-10-13)14-7-4-3-5-8-14/h3-5,7,13,15H,2,6,9-12H2,1H3. The highest BCUT2D eigenvalue weighted by atomic mass is 14.3. The molecule has 1 saturated carbocycles. The largest absolute Gasteiger partial charge is 0.0654 e. The van der Waals surface area contributed by atoms with Crippen molar-refractivity contribution in [2.45, 2.75) is 51.4 Å². The van der Waals surface area contributed by atoms with E-state index < -0.39 is 0 Å². The van der Waals surface area contributed by atoms with Gasteiger partial charge in [-0.1, -0.05) is 44.0 Å². The summed E-state index contributed by atoms with van der Waals surface area (Å²) < 4.78 is 0. The van der Waals surface area contributed by atoms with Crippen molar-refractivity contribution in [3.63, 3.8) is 0 Å². The Balaban J connectivity index is 1.88. The minimum atomic E-state index is 0.791. The smallest absolute Gasteiger partial charge is 0.0146 e. The van der Waals surface area contributed by atoms with E-state index >= 15 is 0 Å². The summed E-state index contributed by atoms with van der Waals surface area (Å²) in [5, 5.41) is 0. The lowest BCUT2D eigenvalue weighted by atomic mass is 9.77. The summed E-state index contributed by atoms with van der Waals surface area (Å²) in [6.07, 6.45) is 8.41. The van der Waals surface area contributed by atoms with Crippen LogP contribution in [0.2, 0.25) is 0 Å². The van der Waals surface area contributed by atoms with Crippen LogP contribution in [0.5, 0.6) is 0 Å². The Bertz CT molecular complexity index is 267. The molecule has 1 radical (unpaired) electrons. The van der Waals surface area contributed by atoms with E-state index in [4.69, 9.17) is 0 Å². The minimum Gasteiger partial charge on any atom is -0.0654 e. The summed E-state index contributed by atoms with van der Waals surface area (Å²) in [4.78, 5) is 0. The zero-order valence-corrected chi connectivity index (χ0v) is 9.71. The van der Waals surface area contributed by atoms with Gasteiger partial charge in [0.2, 0.25) is 0 Å². The van der Waals surface area contributed by atoms with Gasteiger partial charge >= 0.3 is 0 Å². The monoisotopic (exact) mass is 201 g/mol. The van der Waals surface area contributed by atoms with Crippen molar-refractivity contribution in [2.75, 3.05) is 0 Å². The van der Waals surface area contributed by atoms with Crippen LogP contribution in [0.4, 0.5) is 0 Å². The van der Waals surface area contributed by atoms with Gasteiger partial charge in [-0.3, -0.25) is 0 Å². The van der Waals surface area contributed by atoms with E-state index in [1.165, 1.54) is 44.1 Å². The third kappa shape index (κ3) is 2.84. The molecule has 0 unspecified atom stereocenters. The summed E-state index contributed by atoms with van der Waals surface area (Å²) in [6, 6.07) is 11.9. The Morgan fingerprint density at radius 1 is 1.20 bits per heavy atom. The molecule has 0 heterocycles.